The quantitative estimate of drug-likeness (QED) is 0.235. The van der Waals surface area contributed by atoms with Gasteiger partial charge in [0, 0.05) is 40.3 Å². The van der Waals surface area contributed by atoms with Gasteiger partial charge in [-0.05, 0) is 12.8 Å². The number of nitrogens with zero attached hydrogens (tertiary/aromatic N) is 4. The van der Waals surface area contributed by atoms with Crippen LogP contribution in [0.5, 0.6) is 0 Å². The molecular formula is C13H22F6N4O2Si. The van der Waals surface area contributed by atoms with Crippen LogP contribution < -0.4 is 0 Å². The first-order chi connectivity index (χ1) is 11.8. The molecule has 0 aliphatic carbocycles. The smallest absolute Gasteiger partial charge is 0.468 e. The molecule has 152 valence electrons. The summed E-state index contributed by atoms with van der Waals surface area (Å²) >= 11 is 0. The Morgan fingerprint density at radius 2 is 1.08 bits per heavy atom. The Balaban J connectivity index is 3.25. The molecule has 0 aromatic heterocycles. The molecule has 0 spiro atoms. The zero-order valence-electron chi connectivity index (χ0n) is 14.9. The van der Waals surface area contributed by atoms with Gasteiger partial charge in [-0.1, -0.05) is 6.42 Å². The largest absolute Gasteiger partial charge is 0.493 e. The van der Waals surface area contributed by atoms with Crippen LogP contribution in [0, 0.1) is 0 Å². The van der Waals surface area contributed by atoms with Gasteiger partial charge in [0.1, 0.15) is 0 Å². The SMILES string of the molecule is CN(C)/N=C(/O[Si]1(O/C(=N/N(C)C)C(F)(F)F)CCCCC1)C(F)(F)F. The van der Waals surface area contributed by atoms with E-state index in [0.717, 1.165) is 10.0 Å². The summed E-state index contributed by atoms with van der Waals surface area (Å²) in [6, 6.07) is -0.0316. The van der Waals surface area contributed by atoms with E-state index in [4.69, 9.17) is 8.85 Å². The first-order valence-corrected chi connectivity index (χ1v) is 10.0. The molecule has 13 heteroatoms. The average Bonchev–Trinajstić information content (AvgIpc) is 2.44. The van der Waals surface area contributed by atoms with Gasteiger partial charge in [-0.2, -0.15) is 26.3 Å². The van der Waals surface area contributed by atoms with Gasteiger partial charge in [0.2, 0.25) is 0 Å². The summed E-state index contributed by atoms with van der Waals surface area (Å²) in [7, 11) is 1.08. The lowest BCUT2D eigenvalue weighted by Crippen LogP contribution is -2.52. The fourth-order valence-electron chi connectivity index (χ4n) is 2.30. The van der Waals surface area contributed by atoms with Gasteiger partial charge in [-0.25, -0.2) is 0 Å². The summed E-state index contributed by atoms with van der Waals surface area (Å²) in [6.45, 7) is 0. The lowest BCUT2D eigenvalue weighted by Gasteiger charge is -2.35. The van der Waals surface area contributed by atoms with Gasteiger partial charge in [-0.15, -0.1) is 10.2 Å². The molecule has 26 heavy (non-hydrogen) atoms. The highest BCUT2D eigenvalue weighted by Crippen LogP contribution is 2.35. The van der Waals surface area contributed by atoms with Crippen molar-refractivity contribution in [1.29, 1.82) is 0 Å². The van der Waals surface area contributed by atoms with Crippen molar-refractivity contribution >= 4 is 20.4 Å². The number of hydrogen-bond donors (Lipinski definition) is 0. The third-order valence-corrected chi connectivity index (χ3v) is 6.61. The molecule has 1 heterocycles. The molecule has 0 bridgehead atoms. The van der Waals surface area contributed by atoms with E-state index in [-0.39, 0.29) is 12.1 Å². The Labute approximate surface area is 148 Å². The first kappa shape index (κ1) is 22.4. The molecule has 0 unspecified atom stereocenters. The standard InChI is InChI=1S/C13H22F6N4O2Si/c1-22(2)20-10(12(14,15)16)24-26(8-6-5-7-9-26)25-11(13(17,18)19)21-23(3)4/h5-9H2,1-4H3/b20-10+,21-11+. The molecule has 1 fully saturated rings. The molecule has 0 aromatic rings. The molecule has 0 amide bonds. The van der Waals surface area contributed by atoms with E-state index in [1.807, 2.05) is 0 Å². The maximum atomic E-state index is 13.2. The lowest BCUT2D eigenvalue weighted by atomic mass is 10.3. The molecule has 1 aliphatic rings. The lowest BCUT2D eigenvalue weighted by molar-refractivity contribution is -0.0787. The highest BCUT2D eigenvalue weighted by atomic mass is 28.4. The van der Waals surface area contributed by atoms with Crippen molar-refractivity contribution in [2.45, 2.75) is 43.7 Å². The minimum absolute atomic E-state index is 0.0158. The number of rotatable bonds is 4. The summed E-state index contributed by atoms with van der Waals surface area (Å²) in [4.78, 5) is 0. The molecule has 0 radical (unpaired) electrons. The summed E-state index contributed by atoms with van der Waals surface area (Å²) in [6.07, 6.45) is -8.41. The maximum absolute atomic E-state index is 13.2. The summed E-state index contributed by atoms with van der Waals surface area (Å²) in [5.41, 5.74) is 0. The molecular weight excluding hydrogens is 386 g/mol. The van der Waals surface area contributed by atoms with E-state index in [9.17, 15) is 26.3 Å². The monoisotopic (exact) mass is 408 g/mol. The van der Waals surface area contributed by atoms with Gasteiger partial charge < -0.3 is 8.85 Å². The van der Waals surface area contributed by atoms with E-state index >= 15 is 0 Å². The predicted octanol–water partition coefficient (Wildman–Crippen LogP) is 3.52. The van der Waals surface area contributed by atoms with Crippen molar-refractivity contribution in [2.24, 2.45) is 10.2 Å². The number of alkyl halides is 6. The molecule has 6 nitrogen and oxygen atoms in total. The fraction of sp³-hybridized carbons (Fsp3) is 0.846. The normalized spacial score (nSPS) is 19.2. The minimum Gasteiger partial charge on any atom is -0.493 e. The Morgan fingerprint density at radius 3 is 1.35 bits per heavy atom. The van der Waals surface area contributed by atoms with E-state index in [2.05, 4.69) is 10.2 Å². The molecule has 0 atom stereocenters. The highest BCUT2D eigenvalue weighted by molar-refractivity contribution is 6.71. The maximum Gasteiger partial charge on any atom is 0.468 e. The number of hydrogen-bond acceptors (Lipinski definition) is 6. The predicted molar refractivity (Wildman–Crippen MR) is 85.7 cm³/mol. The molecule has 1 aliphatic heterocycles. The number of hydrazone groups is 2. The van der Waals surface area contributed by atoms with Crippen molar-refractivity contribution in [3.8, 4) is 0 Å². The van der Waals surface area contributed by atoms with Gasteiger partial charge in [0.15, 0.2) is 0 Å². The van der Waals surface area contributed by atoms with Crippen LogP contribution in [0.25, 0.3) is 0 Å². The molecule has 0 N–H and O–H groups in total. The Bertz CT molecular complexity index is 488. The second kappa shape index (κ2) is 8.35. The van der Waals surface area contributed by atoms with Gasteiger partial charge in [0.25, 0.3) is 0 Å². The zero-order valence-corrected chi connectivity index (χ0v) is 15.9. The van der Waals surface area contributed by atoms with E-state index in [1.54, 1.807) is 0 Å². The van der Waals surface area contributed by atoms with Crippen LogP contribution in [0.3, 0.4) is 0 Å². The van der Waals surface area contributed by atoms with Crippen molar-refractivity contribution in [2.75, 3.05) is 28.2 Å². The highest BCUT2D eigenvalue weighted by Gasteiger charge is 2.54. The van der Waals surface area contributed by atoms with Crippen LogP contribution in [0.2, 0.25) is 12.1 Å². The van der Waals surface area contributed by atoms with Crippen LogP contribution in [0.1, 0.15) is 19.3 Å². The van der Waals surface area contributed by atoms with Crippen LogP contribution in [-0.2, 0) is 8.85 Å². The van der Waals surface area contributed by atoms with E-state index < -0.39 is 32.7 Å². The Morgan fingerprint density at radius 1 is 0.731 bits per heavy atom. The van der Waals surface area contributed by atoms with E-state index in [1.165, 1.54) is 28.2 Å². The van der Waals surface area contributed by atoms with Crippen molar-refractivity contribution in [3.05, 3.63) is 0 Å². The average molecular weight is 408 g/mol. The van der Waals surface area contributed by atoms with Crippen LogP contribution in [0.4, 0.5) is 26.3 Å². The summed E-state index contributed by atoms with van der Waals surface area (Å²) in [5.74, 6) is -3.22. The molecule has 1 rings (SSSR count). The van der Waals surface area contributed by atoms with Crippen LogP contribution in [-0.4, -0.2) is 70.9 Å². The van der Waals surface area contributed by atoms with Gasteiger partial charge in [-0.3, -0.25) is 10.0 Å². The van der Waals surface area contributed by atoms with Crippen molar-refractivity contribution < 1.29 is 35.2 Å². The Hall–Kier alpha value is -1.66. The van der Waals surface area contributed by atoms with Crippen LogP contribution in [0.15, 0.2) is 10.2 Å². The van der Waals surface area contributed by atoms with Crippen molar-refractivity contribution in [1.82, 2.24) is 10.0 Å². The first-order valence-electron chi connectivity index (χ1n) is 7.79. The fourth-order valence-corrected chi connectivity index (χ4v) is 5.60. The summed E-state index contributed by atoms with van der Waals surface area (Å²) < 4.78 is 89.4. The summed E-state index contributed by atoms with van der Waals surface area (Å²) in [5, 5.41) is 8.22. The zero-order chi connectivity index (χ0) is 20.2. The van der Waals surface area contributed by atoms with E-state index in [0.29, 0.717) is 19.3 Å². The Kier molecular flexibility index (Phi) is 7.19. The molecule has 0 saturated carbocycles. The topological polar surface area (TPSA) is 49.7 Å². The van der Waals surface area contributed by atoms with Crippen LogP contribution >= 0.6 is 0 Å². The van der Waals surface area contributed by atoms with Crippen molar-refractivity contribution in [3.63, 3.8) is 0 Å². The minimum atomic E-state index is -4.96. The number of halogens is 6. The third kappa shape index (κ3) is 6.92. The van der Waals surface area contributed by atoms with Gasteiger partial charge >= 0.3 is 32.7 Å². The third-order valence-electron chi connectivity index (χ3n) is 3.25. The molecule has 0 aromatic carbocycles. The second-order valence-corrected chi connectivity index (χ2v) is 9.41. The molecule has 1 saturated heterocycles. The van der Waals surface area contributed by atoms with Gasteiger partial charge in [0.05, 0.1) is 0 Å². The second-order valence-electron chi connectivity index (χ2n) is 6.18.